The smallest absolute Gasteiger partial charge is 0.243 e. The van der Waals surface area contributed by atoms with Gasteiger partial charge in [0.15, 0.2) is 5.78 Å². The van der Waals surface area contributed by atoms with Gasteiger partial charge in [0.2, 0.25) is 11.8 Å². The summed E-state index contributed by atoms with van der Waals surface area (Å²) in [5.41, 5.74) is 0. The van der Waals surface area contributed by atoms with Crippen LogP contribution in [0.15, 0.2) is 0 Å². The molecule has 0 bridgehead atoms. The summed E-state index contributed by atoms with van der Waals surface area (Å²) in [7, 11) is 0. The summed E-state index contributed by atoms with van der Waals surface area (Å²) in [4.78, 5) is 35.5. The first-order valence-corrected chi connectivity index (χ1v) is 4.70. The number of fused-ring (bicyclic) bond motifs is 1. The Morgan fingerprint density at radius 3 is 2.79 bits per heavy atom. The summed E-state index contributed by atoms with van der Waals surface area (Å²) in [6.45, 7) is 1.49. The summed E-state index contributed by atoms with van der Waals surface area (Å²) in [6.07, 6.45) is 1.21. The van der Waals surface area contributed by atoms with Crippen LogP contribution in [0.4, 0.5) is 0 Å². The van der Waals surface area contributed by atoms with Gasteiger partial charge >= 0.3 is 0 Å². The van der Waals surface area contributed by atoms with Crippen molar-refractivity contribution in [1.82, 2.24) is 10.2 Å². The lowest BCUT2D eigenvalue weighted by Gasteiger charge is -2.32. The van der Waals surface area contributed by atoms with Crippen molar-refractivity contribution in [1.29, 1.82) is 0 Å². The highest BCUT2D eigenvalue weighted by Gasteiger charge is 2.45. The monoisotopic (exact) mass is 196 g/mol. The van der Waals surface area contributed by atoms with Crippen LogP contribution in [0.5, 0.6) is 0 Å². The maximum Gasteiger partial charge on any atom is 0.243 e. The minimum atomic E-state index is -0.412. The van der Waals surface area contributed by atoms with Crippen LogP contribution in [0, 0.1) is 0 Å². The number of ketones is 1. The third-order valence-electron chi connectivity index (χ3n) is 2.86. The van der Waals surface area contributed by atoms with Gasteiger partial charge in [0, 0.05) is 0 Å². The fraction of sp³-hybridized carbons (Fsp3) is 0.667. The molecule has 2 aliphatic heterocycles. The number of carbonyl (C=O) groups is 3. The van der Waals surface area contributed by atoms with Crippen molar-refractivity contribution in [2.75, 3.05) is 6.54 Å². The van der Waals surface area contributed by atoms with Gasteiger partial charge in [-0.1, -0.05) is 0 Å². The highest BCUT2D eigenvalue weighted by atomic mass is 16.2. The summed E-state index contributed by atoms with van der Waals surface area (Å²) in [5.74, 6) is -0.309. The van der Waals surface area contributed by atoms with E-state index in [0.29, 0.717) is 12.8 Å². The Labute approximate surface area is 81.4 Å². The topological polar surface area (TPSA) is 66.5 Å². The van der Waals surface area contributed by atoms with Gasteiger partial charge in [0.1, 0.15) is 6.04 Å². The van der Waals surface area contributed by atoms with Crippen LogP contribution < -0.4 is 5.32 Å². The standard InChI is InChI=1S/C9H12N2O3/c1-5(12)6-2-3-7-9(14)10-4-8(13)11(6)7/h6-7H,2-4H2,1H3,(H,10,14). The number of amides is 2. The molecule has 2 unspecified atom stereocenters. The molecule has 0 aromatic carbocycles. The van der Waals surface area contributed by atoms with E-state index in [1.54, 1.807) is 0 Å². The van der Waals surface area contributed by atoms with Gasteiger partial charge in [-0.25, -0.2) is 0 Å². The molecule has 0 aliphatic carbocycles. The molecular weight excluding hydrogens is 184 g/mol. The van der Waals surface area contributed by atoms with Gasteiger partial charge in [0.05, 0.1) is 12.6 Å². The minimum absolute atomic E-state index is 0.0269. The molecule has 2 saturated heterocycles. The zero-order valence-electron chi connectivity index (χ0n) is 7.95. The molecule has 0 aromatic rings. The largest absolute Gasteiger partial charge is 0.345 e. The molecular formula is C9H12N2O3. The molecule has 5 nitrogen and oxygen atoms in total. The van der Waals surface area contributed by atoms with E-state index in [0.717, 1.165) is 0 Å². The zero-order valence-corrected chi connectivity index (χ0v) is 7.95. The average molecular weight is 196 g/mol. The SMILES string of the molecule is CC(=O)C1CCC2C(=O)NCC(=O)N12. The number of hydrogen-bond donors (Lipinski definition) is 1. The molecule has 76 valence electrons. The first kappa shape index (κ1) is 9.18. The van der Waals surface area contributed by atoms with Crippen LogP contribution >= 0.6 is 0 Å². The van der Waals surface area contributed by atoms with Gasteiger partial charge in [-0.2, -0.15) is 0 Å². The Balaban J connectivity index is 2.26. The van der Waals surface area contributed by atoms with E-state index < -0.39 is 6.04 Å². The molecule has 5 heteroatoms. The van der Waals surface area contributed by atoms with Crippen molar-refractivity contribution in [2.24, 2.45) is 0 Å². The van der Waals surface area contributed by atoms with Crippen LogP contribution in [0.3, 0.4) is 0 Å². The van der Waals surface area contributed by atoms with Crippen LogP contribution in [0.25, 0.3) is 0 Å². The molecule has 0 radical (unpaired) electrons. The first-order valence-electron chi connectivity index (χ1n) is 4.70. The van der Waals surface area contributed by atoms with Crippen molar-refractivity contribution in [2.45, 2.75) is 31.8 Å². The summed E-state index contributed by atoms with van der Waals surface area (Å²) in [5, 5.41) is 2.52. The second kappa shape index (κ2) is 3.08. The second-order valence-corrected chi connectivity index (χ2v) is 3.74. The molecule has 0 saturated carbocycles. The Bertz CT molecular complexity index is 307. The zero-order chi connectivity index (χ0) is 10.3. The number of piperazine rings is 1. The van der Waals surface area contributed by atoms with E-state index in [-0.39, 0.29) is 30.2 Å². The normalized spacial score (nSPS) is 31.4. The maximum absolute atomic E-state index is 11.5. The lowest BCUT2D eigenvalue weighted by Crippen LogP contribution is -2.58. The van der Waals surface area contributed by atoms with Crippen molar-refractivity contribution < 1.29 is 14.4 Å². The Morgan fingerprint density at radius 1 is 1.43 bits per heavy atom. The number of rotatable bonds is 1. The summed E-state index contributed by atoms with van der Waals surface area (Å²) in [6, 6.07) is -0.788. The highest BCUT2D eigenvalue weighted by Crippen LogP contribution is 2.26. The molecule has 2 atom stereocenters. The predicted octanol–water partition coefficient (Wildman–Crippen LogP) is -0.935. The molecule has 0 aromatic heterocycles. The van der Waals surface area contributed by atoms with Crippen LogP contribution in [-0.4, -0.2) is 41.1 Å². The predicted molar refractivity (Wildman–Crippen MR) is 47.3 cm³/mol. The van der Waals surface area contributed by atoms with E-state index in [2.05, 4.69) is 5.32 Å². The van der Waals surface area contributed by atoms with Crippen molar-refractivity contribution in [3.05, 3.63) is 0 Å². The molecule has 2 amide bonds. The first-order chi connectivity index (χ1) is 6.61. The van der Waals surface area contributed by atoms with Crippen molar-refractivity contribution >= 4 is 17.6 Å². The van der Waals surface area contributed by atoms with E-state index >= 15 is 0 Å². The fourth-order valence-corrected chi connectivity index (χ4v) is 2.19. The maximum atomic E-state index is 11.5. The third-order valence-corrected chi connectivity index (χ3v) is 2.86. The number of carbonyl (C=O) groups excluding carboxylic acids is 3. The molecule has 1 N–H and O–H groups in total. The second-order valence-electron chi connectivity index (χ2n) is 3.74. The lowest BCUT2D eigenvalue weighted by atomic mass is 10.1. The molecule has 0 spiro atoms. The molecule has 2 aliphatic rings. The number of Topliss-reactive ketones (excluding diaryl/α,β-unsaturated/α-hetero) is 1. The Hall–Kier alpha value is -1.39. The number of nitrogens with zero attached hydrogens (tertiary/aromatic N) is 1. The summed E-state index contributed by atoms with van der Waals surface area (Å²) >= 11 is 0. The molecule has 2 fully saturated rings. The van der Waals surface area contributed by atoms with Crippen molar-refractivity contribution in [3.63, 3.8) is 0 Å². The van der Waals surface area contributed by atoms with Gasteiger partial charge in [0.25, 0.3) is 0 Å². The van der Waals surface area contributed by atoms with Gasteiger partial charge in [-0.15, -0.1) is 0 Å². The number of hydrogen-bond acceptors (Lipinski definition) is 3. The van der Waals surface area contributed by atoms with Gasteiger partial charge in [-0.05, 0) is 19.8 Å². The average Bonchev–Trinajstić information content (AvgIpc) is 2.56. The third kappa shape index (κ3) is 1.20. The lowest BCUT2D eigenvalue weighted by molar-refractivity contribution is -0.147. The molecule has 14 heavy (non-hydrogen) atoms. The van der Waals surface area contributed by atoms with E-state index in [4.69, 9.17) is 0 Å². The van der Waals surface area contributed by atoms with Gasteiger partial charge < -0.3 is 10.2 Å². The summed E-state index contributed by atoms with van der Waals surface area (Å²) < 4.78 is 0. The van der Waals surface area contributed by atoms with Crippen LogP contribution in [0.1, 0.15) is 19.8 Å². The van der Waals surface area contributed by atoms with Crippen molar-refractivity contribution in [3.8, 4) is 0 Å². The Kier molecular flexibility index (Phi) is 2.02. The van der Waals surface area contributed by atoms with Crippen LogP contribution in [0.2, 0.25) is 0 Å². The molecule has 2 heterocycles. The highest BCUT2D eigenvalue weighted by molar-refractivity contribution is 5.98. The van der Waals surface area contributed by atoms with E-state index in [1.807, 2.05) is 0 Å². The van der Waals surface area contributed by atoms with E-state index in [1.165, 1.54) is 11.8 Å². The number of nitrogens with one attached hydrogen (secondary N) is 1. The van der Waals surface area contributed by atoms with Crippen LogP contribution in [-0.2, 0) is 14.4 Å². The minimum Gasteiger partial charge on any atom is -0.345 e. The fourth-order valence-electron chi connectivity index (χ4n) is 2.19. The van der Waals surface area contributed by atoms with E-state index in [9.17, 15) is 14.4 Å². The van der Waals surface area contributed by atoms with Gasteiger partial charge in [-0.3, -0.25) is 14.4 Å². The Morgan fingerprint density at radius 2 is 2.14 bits per heavy atom. The quantitative estimate of drug-likeness (QED) is 0.589. The molecule has 2 rings (SSSR count).